The molecule has 0 radical (unpaired) electrons. The van der Waals surface area contributed by atoms with Crippen molar-refractivity contribution < 1.29 is 14.3 Å². The minimum absolute atomic E-state index is 0.206. The van der Waals surface area contributed by atoms with Crippen molar-refractivity contribution in [3.8, 4) is 11.8 Å². The third-order valence-electron chi connectivity index (χ3n) is 5.89. The molecule has 2 heterocycles. The topological polar surface area (TPSA) is 76.5 Å². The van der Waals surface area contributed by atoms with Gasteiger partial charge in [0.2, 0.25) is 5.91 Å². The van der Waals surface area contributed by atoms with Crippen molar-refractivity contribution >= 4 is 28.4 Å². The Morgan fingerprint density at radius 2 is 1.94 bits per heavy atom. The number of benzene rings is 2. The van der Waals surface area contributed by atoms with Gasteiger partial charge in [-0.1, -0.05) is 36.3 Å². The first-order valence-electron chi connectivity index (χ1n) is 10.6. The van der Waals surface area contributed by atoms with Gasteiger partial charge in [0.15, 0.2) is 0 Å². The number of carbonyl (C=O) groups excluding carboxylic acids is 2. The van der Waals surface area contributed by atoms with Crippen LogP contribution in [0, 0.1) is 11.8 Å². The molecule has 1 fully saturated rings. The fraction of sp³-hybridized carbons (Fsp3) is 0.320. The number of nitrogens with zero attached hydrogens (tertiary/aromatic N) is 3. The molecule has 4 rings (SSSR count). The fourth-order valence-corrected chi connectivity index (χ4v) is 4.22. The second kappa shape index (κ2) is 9.25. The van der Waals surface area contributed by atoms with Crippen LogP contribution in [0.5, 0.6) is 0 Å². The van der Waals surface area contributed by atoms with Crippen LogP contribution in [0.2, 0.25) is 0 Å². The van der Waals surface area contributed by atoms with Crippen molar-refractivity contribution in [1.82, 2.24) is 15.1 Å². The zero-order valence-electron chi connectivity index (χ0n) is 18.3. The van der Waals surface area contributed by atoms with Gasteiger partial charge in [0.25, 0.3) is 0 Å². The molecule has 0 aliphatic carbocycles. The van der Waals surface area contributed by atoms with Gasteiger partial charge in [-0.3, -0.25) is 19.2 Å². The summed E-state index contributed by atoms with van der Waals surface area (Å²) in [6.45, 7) is 2.77. The SMILES string of the molecule is CC#CC(=O)N(c1ccc2c(cnn2C)c1)C1(C(=O)NCc2ccccc2)CCOCC1. The number of carbonyl (C=O) groups is 2. The average Bonchev–Trinajstić information content (AvgIpc) is 3.19. The van der Waals surface area contributed by atoms with Gasteiger partial charge in [-0.25, -0.2) is 0 Å². The lowest BCUT2D eigenvalue weighted by Crippen LogP contribution is -2.63. The quantitative estimate of drug-likeness (QED) is 0.632. The van der Waals surface area contributed by atoms with Crippen LogP contribution in [0.1, 0.15) is 25.3 Å². The summed E-state index contributed by atoms with van der Waals surface area (Å²) < 4.78 is 7.34. The first-order valence-corrected chi connectivity index (χ1v) is 10.6. The number of anilines is 1. The van der Waals surface area contributed by atoms with E-state index < -0.39 is 11.4 Å². The molecular weight excluding hydrogens is 404 g/mol. The van der Waals surface area contributed by atoms with Crippen LogP contribution in [0.15, 0.2) is 54.7 Å². The van der Waals surface area contributed by atoms with E-state index in [1.54, 1.807) is 22.7 Å². The standard InChI is InChI=1S/C25H26N4O3/c1-3-7-23(30)29(21-10-11-22-20(16-21)18-27-28(22)2)25(12-14-32-15-13-25)24(31)26-17-19-8-5-4-6-9-19/h4-6,8-11,16,18H,12-15,17H2,1-2H3,(H,26,31). The molecule has 0 spiro atoms. The molecule has 1 aliphatic heterocycles. The lowest BCUT2D eigenvalue weighted by atomic mass is 9.85. The monoisotopic (exact) mass is 430 g/mol. The third-order valence-corrected chi connectivity index (χ3v) is 5.89. The molecule has 2 amide bonds. The minimum Gasteiger partial charge on any atom is -0.381 e. The van der Waals surface area contributed by atoms with Gasteiger partial charge in [0.1, 0.15) is 5.54 Å². The van der Waals surface area contributed by atoms with Crippen LogP contribution >= 0.6 is 0 Å². The molecule has 164 valence electrons. The highest BCUT2D eigenvalue weighted by Gasteiger charge is 2.48. The van der Waals surface area contributed by atoms with E-state index in [9.17, 15) is 9.59 Å². The van der Waals surface area contributed by atoms with E-state index in [0.29, 0.717) is 38.3 Å². The number of amides is 2. The van der Waals surface area contributed by atoms with Crippen LogP contribution in [0.4, 0.5) is 5.69 Å². The molecule has 1 aromatic heterocycles. The Morgan fingerprint density at radius 1 is 1.19 bits per heavy atom. The molecule has 1 aliphatic rings. The summed E-state index contributed by atoms with van der Waals surface area (Å²) in [6.07, 6.45) is 2.52. The highest BCUT2D eigenvalue weighted by atomic mass is 16.5. The summed E-state index contributed by atoms with van der Waals surface area (Å²) in [7, 11) is 1.87. The van der Waals surface area contributed by atoms with E-state index in [0.717, 1.165) is 16.5 Å². The molecule has 2 aromatic carbocycles. The van der Waals surface area contributed by atoms with Gasteiger partial charge in [-0.2, -0.15) is 5.10 Å². The van der Waals surface area contributed by atoms with E-state index in [2.05, 4.69) is 22.3 Å². The van der Waals surface area contributed by atoms with Crippen molar-refractivity contribution in [2.45, 2.75) is 31.8 Å². The fourth-order valence-electron chi connectivity index (χ4n) is 4.22. The lowest BCUT2D eigenvalue weighted by Gasteiger charge is -2.44. The van der Waals surface area contributed by atoms with E-state index in [-0.39, 0.29) is 5.91 Å². The van der Waals surface area contributed by atoms with Crippen LogP contribution in [-0.2, 0) is 27.9 Å². The highest BCUT2D eigenvalue weighted by Crippen LogP contribution is 2.35. The molecule has 7 heteroatoms. The predicted octanol–water partition coefficient (Wildman–Crippen LogP) is 2.80. The van der Waals surface area contributed by atoms with Crippen molar-refractivity contribution in [2.75, 3.05) is 18.1 Å². The first-order chi connectivity index (χ1) is 15.5. The minimum atomic E-state index is -1.09. The van der Waals surface area contributed by atoms with Gasteiger partial charge >= 0.3 is 5.91 Å². The molecule has 1 N–H and O–H groups in total. The molecule has 0 unspecified atom stereocenters. The molecule has 32 heavy (non-hydrogen) atoms. The van der Waals surface area contributed by atoms with E-state index in [1.807, 2.05) is 55.6 Å². The van der Waals surface area contributed by atoms with Gasteiger partial charge < -0.3 is 10.1 Å². The number of ether oxygens (including phenoxy) is 1. The number of hydrogen-bond donors (Lipinski definition) is 1. The summed E-state index contributed by atoms with van der Waals surface area (Å²) >= 11 is 0. The Kier molecular flexibility index (Phi) is 6.24. The Morgan fingerprint density at radius 3 is 2.66 bits per heavy atom. The summed E-state index contributed by atoms with van der Waals surface area (Å²) in [5.41, 5.74) is 1.46. The molecule has 7 nitrogen and oxygen atoms in total. The van der Waals surface area contributed by atoms with Crippen LogP contribution in [0.3, 0.4) is 0 Å². The molecular formula is C25H26N4O3. The van der Waals surface area contributed by atoms with Crippen molar-refractivity contribution in [3.05, 3.63) is 60.3 Å². The van der Waals surface area contributed by atoms with Gasteiger partial charge in [-0.15, -0.1) is 0 Å². The van der Waals surface area contributed by atoms with Crippen molar-refractivity contribution in [2.24, 2.45) is 7.05 Å². The number of fused-ring (bicyclic) bond motifs is 1. The number of aryl methyl sites for hydroxylation is 1. The predicted molar refractivity (Wildman–Crippen MR) is 123 cm³/mol. The average molecular weight is 431 g/mol. The van der Waals surface area contributed by atoms with Gasteiger partial charge in [-0.05, 0) is 36.6 Å². The Balaban J connectivity index is 1.75. The van der Waals surface area contributed by atoms with Gasteiger partial charge in [0.05, 0.1) is 11.7 Å². The summed E-state index contributed by atoms with van der Waals surface area (Å²) in [5, 5.41) is 8.22. The second-order valence-electron chi connectivity index (χ2n) is 7.84. The second-order valence-corrected chi connectivity index (χ2v) is 7.84. The molecule has 0 atom stereocenters. The Labute approximate surface area is 187 Å². The summed E-state index contributed by atoms with van der Waals surface area (Å²) in [4.78, 5) is 28.5. The number of aromatic nitrogens is 2. The molecule has 0 saturated carbocycles. The zero-order valence-corrected chi connectivity index (χ0v) is 18.3. The number of rotatable bonds is 5. The maximum Gasteiger partial charge on any atom is 0.303 e. The third kappa shape index (κ3) is 4.10. The van der Waals surface area contributed by atoms with E-state index in [4.69, 9.17) is 4.74 Å². The zero-order chi connectivity index (χ0) is 22.6. The van der Waals surface area contributed by atoms with E-state index in [1.165, 1.54) is 0 Å². The lowest BCUT2D eigenvalue weighted by molar-refractivity contribution is -0.133. The van der Waals surface area contributed by atoms with E-state index >= 15 is 0 Å². The summed E-state index contributed by atoms with van der Waals surface area (Å²) in [6, 6.07) is 15.4. The molecule has 1 saturated heterocycles. The maximum atomic E-state index is 13.7. The van der Waals surface area contributed by atoms with Crippen LogP contribution in [-0.4, -0.2) is 40.3 Å². The first kappa shape index (κ1) is 21.6. The number of hydrogen-bond acceptors (Lipinski definition) is 4. The number of nitrogens with one attached hydrogen (secondary N) is 1. The Hall–Kier alpha value is -3.63. The smallest absolute Gasteiger partial charge is 0.303 e. The van der Waals surface area contributed by atoms with Crippen LogP contribution < -0.4 is 10.2 Å². The molecule has 3 aromatic rings. The Bertz CT molecular complexity index is 1180. The largest absolute Gasteiger partial charge is 0.381 e. The highest BCUT2D eigenvalue weighted by molar-refractivity contribution is 6.12. The normalized spacial score (nSPS) is 14.9. The maximum absolute atomic E-state index is 13.7. The molecule has 0 bridgehead atoms. The van der Waals surface area contributed by atoms with Crippen LogP contribution in [0.25, 0.3) is 10.9 Å². The van der Waals surface area contributed by atoms with Crippen molar-refractivity contribution in [3.63, 3.8) is 0 Å². The van der Waals surface area contributed by atoms with Crippen molar-refractivity contribution in [1.29, 1.82) is 0 Å². The van der Waals surface area contributed by atoms with Gasteiger partial charge in [0, 0.05) is 50.7 Å². The summed E-state index contributed by atoms with van der Waals surface area (Å²) in [5.74, 6) is 4.72.